The number of nitrogens with zero attached hydrogens (tertiary/aromatic N) is 2. The van der Waals surface area contributed by atoms with Gasteiger partial charge in [-0.2, -0.15) is 0 Å². The molecule has 2 aromatic rings. The molecule has 0 spiro atoms. The summed E-state index contributed by atoms with van der Waals surface area (Å²) in [6.45, 7) is 0. The average molecular weight is 356 g/mol. The van der Waals surface area contributed by atoms with Crippen LogP contribution in [0, 0.1) is 3.57 Å². The molecule has 5 nitrogen and oxygen atoms in total. The van der Waals surface area contributed by atoms with Crippen LogP contribution in [-0.4, -0.2) is 23.0 Å². The molecule has 92 valence electrons. The van der Waals surface area contributed by atoms with Crippen LogP contribution in [0.3, 0.4) is 0 Å². The number of esters is 1. The second-order valence-corrected chi connectivity index (χ2v) is 4.54. The van der Waals surface area contributed by atoms with Crippen LogP contribution in [0.25, 0.3) is 0 Å². The van der Waals surface area contributed by atoms with Crippen LogP contribution < -0.4 is 4.74 Å². The first-order valence-electron chi connectivity index (χ1n) is 5.03. The predicted octanol–water partition coefficient (Wildman–Crippen LogP) is 2.66. The molecule has 0 fully saturated rings. The van der Waals surface area contributed by atoms with Crippen molar-refractivity contribution in [2.45, 2.75) is 0 Å². The Hall–Kier alpha value is -1.70. The molecular formula is C12H9IN2O3. The zero-order valence-corrected chi connectivity index (χ0v) is 11.6. The number of rotatable bonds is 3. The van der Waals surface area contributed by atoms with Crippen molar-refractivity contribution < 1.29 is 14.3 Å². The van der Waals surface area contributed by atoms with Crippen molar-refractivity contribution in [3.63, 3.8) is 0 Å². The van der Waals surface area contributed by atoms with Gasteiger partial charge in [0, 0.05) is 3.57 Å². The fourth-order valence-corrected chi connectivity index (χ4v) is 1.58. The largest absolute Gasteiger partial charge is 0.464 e. The molecule has 0 bridgehead atoms. The van der Waals surface area contributed by atoms with E-state index < -0.39 is 5.97 Å². The molecule has 1 aromatic carbocycles. The third-order valence-electron chi connectivity index (χ3n) is 2.04. The molecule has 0 N–H and O–H groups in total. The lowest BCUT2D eigenvalue weighted by molar-refractivity contribution is 0.0592. The molecule has 6 heteroatoms. The molecule has 0 radical (unpaired) electrons. The van der Waals surface area contributed by atoms with E-state index in [2.05, 4.69) is 37.3 Å². The number of ether oxygens (including phenoxy) is 2. The van der Waals surface area contributed by atoms with Gasteiger partial charge in [-0.1, -0.05) is 0 Å². The standard InChI is InChI=1S/C12H9IN2O3/c1-17-12(16)10-6-14-7-11(15-10)18-9-4-2-8(13)3-5-9/h2-7H,1H3. The van der Waals surface area contributed by atoms with Crippen LogP contribution in [0.15, 0.2) is 36.7 Å². The van der Waals surface area contributed by atoms with E-state index in [-0.39, 0.29) is 11.6 Å². The Morgan fingerprint density at radius 1 is 1.22 bits per heavy atom. The van der Waals surface area contributed by atoms with Gasteiger partial charge in [-0.25, -0.2) is 9.78 Å². The van der Waals surface area contributed by atoms with E-state index in [1.54, 1.807) is 0 Å². The van der Waals surface area contributed by atoms with Crippen LogP contribution in [0.2, 0.25) is 0 Å². The summed E-state index contributed by atoms with van der Waals surface area (Å²) in [5.74, 6) is 0.335. The van der Waals surface area contributed by atoms with Gasteiger partial charge in [0.25, 0.3) is 0 Å². The van der Waals surface area contributed by atoms with E-state index in [1.165, 1.54) is 19.5 Å². The van der Waals surface area contributed by atoms with Crippen molar-refractivity contribution in [2.75, 3.05) is 7.11 Å². The average Bonchev–Trinajstić information content (AvgIpc) is 2.41. The summed E-state index contributed by atoms with van der Waals surface area (Å²) in [7, 11) is 1.29. The maximum absolute atomic E-state index is 11.3. The molecule has 18 heavy (non-hydrogen) atoms. The SMILES string of the molecule is COC(=O)c1cncc(Oc2ccc(I)cc2)n1. The second-order valence-electron chi connectivity index (χ2n) is 3.29. The fourth-order valence-electron chi connectivity index (χ4n) is 1.22. The normalized spacial score (nSPS) is 9.89. The van der Waals surface area contributed by atoms with Crippen molar-refractivity contribution in [3.05, 3.63) is 45.9 Å². The molecule has 1 heterocycles. The quantitative estimate of drug-likeness (QED) is 0.625. The lowest BCUT2D eigenvalue weighted by Gasteiger charge is -2.05. The highest BCUT2D eigenvalue weighted by atomic mass is 127. The molecular weight excluding hydrogens is 347 g/mol. The van der Waals surface area contributed by atoms with Gasteiger partial charge < -0.3 is 9.47 Å². The Morgan fingerprint density at radius 3 is 2.61 bits per heavy atom. The number of benzene rings is 1. The van der Waals surface area contributed by atoms with Crippen molar-refractivity contribution >= 4 is 28.6 Å². The van der Waals surface area contributed by atoms with E-state index in [0.29, 0.717) is 5.75 Å². The van der Waals surface area contributed by atoms with Gasteiger partial charge in [0.1, 0.15) is 5.75 Å². The topological polar surface area (TPSA) is 61.3 Å². The van der Waals surface area contributed by atoms with E-state index >= 15 is 0 Å². The molecule has 0 amide bonds. The molecule has 0 atom stereocenters. The molecule has 0 saturated carbocycles. The first kappa shape index (κ1) is 12.7. The summed E-state index contributed by atoms with van der Waals surface area (Å²) in [5, 5.41) is 0. The summed E-state index contributed by atoms with van der Waals surface area (Å²) < 4.78 is 11.1. The van der Waals surface area contributed by atoms with E-state index in [1.807, 2.05) is 24.3 Å². The van der Waals surface area contributed by atoms with Gasteiger partial charge >= 0.3 is 5.97 Å². The minimum absolute atomic E-state index is 0.112. The molecule has 2 rings (SSSR count). The summed E-state index contributed by atoms with van der Waals surface area (Å²) in [6, 6.07) is 7.45. The Bertz CT molecular complexity index is 558. The summed E-state index contributed by atoms with van der Waals surface area (Å²) in [4.78, 5) is 19.2. The van der Waals surface area contributed by atoms with Gasteiger partial charge in [0.2, 0.25) is 5.88 Å². The van der Waals surface area contributed by atoms with E-state index in [0.717, 1.165) is 3.57 Å². The number of methoxy groups -OCH3 is 1. The Kier molecular flexibility index (Phi) is 4.08. The predicted molar refractivity (Wildman–Crippen MR) is 72.6 cm³/mol. The molecule has 1 aromatic heterocycles. The third kappa shape index (κ3) is 3.16. The Labute approximate surface area is 117 Å². The zero-order chi connectivity index (χ0) is 13.0. The smallest absolute Gasteiger partial charge is 0.358 e. The number of carbonyl (C=O) groups is 1. The minimum Gasteiger partial charge on any atom is -0.464 e. The summed E-state index contributed by atoms with van der Waals surface area (Å²) >= 11 is 2.20. The number of hydrogen-bond donors (Lipinski definition) is 0. The summed E-state index contributed by atoms with van der Waals surface area (Å²) in [6.07, 6.45) is 2.76. The number of halogens is 1. The van der Waals surface area contributed by atoms with Crippen molar-refractivity contribution in [3.8, 4) is 11.6 Å². The highest BCUT2D eigenvalue weighted by molar-refractivity contribution is 14.1. The molecule has 0 aliphatic carbocycles. The van der Waals surface area contributed by atoms with Crippen LogP contribution >= 0.6 is 22.6 Å². The van der Waals surface area contributed by atoms with E-state index in [4.69, 9.17) is 4.74 Å². The number of hydrogen-bond acceptors (Lipinski definition) is 5. The van der Waals surface area contributed by atoms with E-state index in [9.17, 15) is 4.79 Å². The maximum atomic E-state index is 11.3. The van der Waals surface area contributed by atoms with Gasteiger partial charge in [-0.15, -0.1) is 0 Å². The van der Waals surface area contributed by atoms with Crippen molar-refractivity contribution in [1.82, 2.24) is 9.97 Å². The van der Waals surface area contributed by atoms with Gasteiger partial charge in [0.05, 0.1) is 19.5 Å². The Balaban J connectivity index is 2.19. The highest BCUT2D eigenvalue weighted by Gasteiger charge is 2.09. The van der Waals surface area contributed by atoms with Gasteiger partial charge in [-0.3, -0.25) is 4.98 Å². The number of carbonyl (C=O) groups excluding carboxylic acids is 1. The number of aromatic nitrogens is 2. The lowest BCUT2D eigenvalue weighted by atomic mass is 10.3. The summed E-state index contributed by atoms with van der Waals surface area (Å²) in [5.41, 5.74) is 0.112. The first-order chi connectivity index (χ1) is 8.69. The fraction of sp³-hybridized carbons (Fsp3) is 0.0833. The van der Waals surface area contributed by atoms with Crippen LogP contribution in [-0.2, 0) is 4.74 Å². The van der Waals surface area contributed by atoms with Crippen molar-refractivity contribution in [2.24, 2.45) is 0 Å². The second kappa shape index (κ2) is 5.76. The molecule has 0 aliphatic rings. The van der Waals surface area contributed by atoms with Gasteiger partial charge in [0.15, 0.2) is 5.69 Å². The molecule has 0 saturated heterocycles. The Morgan fingerprint density at radius 2 is 1.94 bits per heavy atom. The van der Waals surface area contributed by atoms with Crippen LogP contribution in [0.1, 0.15) is 10.5 Å². The molecule has 0 aliphatic heterocycles. The zero-order valence-electron chi connectivity index (χ0n) is 9.46. The van der Waals surface area contributed by atoms with Crippen LogP contribution in [0.5, 0.6) is 11.6 Å². The molecule has 0 unspecified atom stereocenters. The van der Waals surface area contributed by atoms with Gasteiger partial charge in [-0.05, 0) is 46.9 Å². The van der Waals surface area contributed by atoms with Crippen molar-refractivity contribution in [1.29, 1.82) is 0 Å². The maximum Gasteiger partial charge on any atom is 0.358 e. The first-order valence-corrected chi connectivity index (χ1v) is 6.10. The third-order valence-corrected chi connectivity index (χ3v) is 2.76. The van der Waals surface area contributed by atoms with Crippen LogP contribution in [0.4, 0.5) is 0 Å². The minimum atomic E-state index is -0.546. The lowest BCUT2D eigenvalue weighted by Crippen LogP contribution is -2.05. The highest BCUT2D eigenvalue weighted by Crippen LogP contribution is 2.19. The monoisotopic (exact) mass is 356 g/mol.